The second-order valence-corrected chi connectivity index (χ2v) is 7.10. The predicted molar refractivity (Wildman–Crippen MR) is 103 cm³/mol. The molecule has 2 N–H and O–H groups in total. The number of nitrogens with one attached hydrogen (secondary N) is 2. The van der Waals surface area contributed by atoms with Crippen LogP contribution in [0.15, 0.2) is 64.5 Å². The van der Waals surface area contributed by atoms with Crippen LogP contribution in [-0.4, -0.2) is 26.4 Å². The number of carbonyl (C=O) groups excluding carboxylic acids is 1. The van der Waals surface area contributed by atoms with E-state index in [0.717, 1.165) is 12.8 Å². The number of nitrogens with zero attached hydrogens (tertiary/aromatic N) is 2. The highest BCUT2D eigenvalue weighted by molar-refractivity contribution is 7.99. The lowest BCUT2D eigenvalue weighted by Gasteiger charge is -2.12. The van der Waals surface area contributed by atoms with Gasteiger partial charge in [0.25, 0.3) is 0 Å². The maximum atomic E-state index is 12.4. The quantitative estimate of drug-likeness (QED) is 0.611. The van der Waals surface area contributed by atoms with E-state index >= 15 is 0 Å². The zero-order valence-corrected chi connectivity index (χ0v) is 15.2. The molecule has 1 heterocycles. The summed E-state index contributed by atoms with van der Waals surface area (Å²) < 4.78 is 7.48. The molecule has 0 bridgehead atoms. The number of rotatable bonds is 7. The number of ether oxygens (including phenoxy) is 1. The minimum atomic E-state index is -0.220. The van der Waals surface area contributed by atoms with Gasteiger partial charge in [0.05, 0.1) is 11.4 Å². The SMILES string of the molecule is O=C(CSc1n[nH]c(=O)n1C1CC1)Nc1ccccc1Oc1ccccc1. The van der Waals surface area contributed by atoms with Gasteiger partial charge in [-0.3, -0.25) is 9.36 Å². The van der Waals surface area contributed by atoms with E-state index in [1.807, 2.05) is 42.5 Å². The molecule has 1 aromatic heterocycles. The first-order chi connectivity index (χ1) is 13.2. The van der Waals surface area contributed by atoms with Crippen molar-refractivity contribution in [2.24, 2.45) is 0 Å². The first-order valence-electron chi connectivity index (χ1n) is 8.62. The number of hydrogen-bond acceptors (Lipinski definition) is 5. The fourth-order valence-electron chi connectivity index (χ4n) is 2.64. The summed E-state index contributed by atoms with van der Waals surface area (Å²) in [7, 11) is 0. The zero-order valence-electron chi connectivity index (χ0n) is 14.4. The van der Waals surface area contributed by atoms with Crippen molar-refractivity contribution in [1.82, 2.24) is 14.8 Å². The standard InChI is InChI=1S/C19H18N4O3S/c24-17(12-27-19-22-21-18(25)23(19)13-10-11-13)20-15-8-4-5-9-16(15)26-14-6-2-1-3-7-14/h1-9,13H,10-12H2,(H,20,24)(H,21,25). The lowest BCUT2D eigenvalue weighted by molar-refractivity contribution is -0.113. The van der Waals surface area contributed by atoms with Crippen LogP contribution >= 0.6 is 11.8 Å². The highest BCUT2D eigenvalue weighted by Crippen LogP contribution is 2.36. The highest BCUT2D eigenvalue weighted by atomic mass is 32.2. The second kappa shape index (κ2) is 7.71. The number of anilines is 1. The molecule has 7 nitrogen and oxygen atoms in total. The molecule has 1 fully saturated rings. The summed E-state index contributed by atoms with van der Waals surface area (Å²) in [6.07, 6.45) is 1.95. The molecule has 1 saturated carbocycles. The normalized spacial score (nSPS) is 13.3. The molecule has 1 aliphatic carbocycles. The van der Waals surface area contributed by atoms with Gasteiger partial charge in [-0.05, 0) is 37.1 Å². The molecule has 0 saturated heterocycles. The molecular weight excluding hydrogens is 364 g/mol. The third-order valence-electron chi connectivity index (χ3n) is 4.05. The average molecular weight is 382 g/mol. The van der Waals surface area contributed by atoms with Crippen LogP contribution in [0.5, 0.6) is 11.5 Å². The van der Waals surface area contributed by atoms with Crippen LogP contribution in [0.1, 0.15) is 18.9 Å². The first-order valence-corrected chi connectivity index (χ1v) is 9.61. The van der Waals surface area contributed by atoms with Crippen LogP contribution in [0.2, 0.25) is 0 Å². The molecule has 2 aromatic carbocycles. The molecule has 0 aliphatic heterocycles. The second-order valence-electron chi connectivity index (χ2n) is 6.16. The van der Waals surface area contributed by atoms with E-state index < -0.39 is 0 Å². The third-order valence-corrected chi connectivity index (χ3v) is 5.00. The molecule has 4 rings (SSSR count). The number of thioether (sulfide) groups is 1. The van der Waals surface area contributed by atoms with Gasteiger partial charge in [-0.15, -0.1) is 5.10 Å². The summed E-state index contributed by atoms with van der Waals surface area (Å²) in [5.41, 5.74) is 0.371. The van der Waals surface area contributed by atoms with Crippen molar-refractivity contribution < 1.29 is 9.53 Å². The van der Waals surface area contributed by atoms with Crippen molar-refractivity contribution in [3.63, 3.8) is 0 Å². The number of aromatic nitrogens is 3. The predicted octanol–water partition coefficient (Wildman–Crippen LogP) is 3.43. The fraction of sp³-hybridized carbons (Fsp3) is 0.211. The van der Waals surface area contributed by atoms with Gasteiger partial charge in [-0.1, -0.05) is 42.1 Å². The largest absolute Gasteiger partial charge is 0.455 e. The summed E-state index contributed by atoms with van der Waals surface area (Å²) in [5.74, 6) is 1.22. The average Bonchev–Trinajstić information content (AvgIpc) is 3.45. The number of amides is 1. The van der Waals surface area contributed by atoms with Crippen LogP contribution in [0, 0.1) is 0 Å². The smallest absolute Gasteiger partial charge is 0.344 e. The third kappa shape index (κ3) is 4.22. The molecule has 1 amide bonds. The Hall–Kier alpha value is -3.00. The lowest BCUT2D eigenvalue weighted by atomic mass is 10.3. The zero-order chi connectivity index (χ0) is 18.6. The molecule has 0 spiro atoms. The van der Waals surface area contributed by atoms with Crippen molar-refractivity contribution in [3.8, 4) is 11.5 Å². The maximum Gasteiger partial charge on any atom is 0.344 e. The van der Waals surface area contributed by atoms with Gasteiger partial charge in [0.15, 0.2) is 10.9 Å². The Morgan fingerprint density at radius 2 is 1.93 bits per heavy atom. The van der Waals surface area contributed by atoms with Crippen molar-refractivity contribution in [2.45, 2.75) is 24.0 Å². The molecule has 3 aromatic rings. The van der Waals surface area contributed by atoms with Gasteiger partial charge in [0.1, 0.15) is 5.75 Å². The summed E-state index contributed by atoms with van der Waals surface area (Å²) in [6.45, 7) is 0. The summed E-state index contributed by atoms with van der Waals surface area (Å²) in [5, 5.41) is 9.88. The van der Waals surface area contributed by atoms with Gasteiger partial charge in [-0.25, -0.2) is 9.89 Å². The first kappa shape index (κ1) is 17.4. The number of H-pyrrole nitrogens is 1. The molecular formula is C19H18N4O3S. The van der Waals surface area contributed by atoms with E-state index in [-0.39, 0.29) is 23.4 Å². The van der Waals surface area contributed by atoms with E-state index in [9.17, 15) is 9.59 Å². The summed E-state index contributed by atoms with van der Waals surface area (Å²) in [4.78, 5) is 24.2. The van der Waals surface area contributed by atoms with Crippen molar-refractivity contribution in [2.75, 3.05) is 11.1 Å². The number of para-hydroxylation sites is 3. The number of benzene rings is 2. The van der Waals surface area contributed by atoms with E-state index in [0.29, 0.717) is 22.3 Å². The van der Waals surface area contributed by atoms with Gasteiger partial charge < -0.3 is 10.1 Å². The van der Waals surface area contributed by atoms with Crippen LogP contribution in [0.25, 0.3) is 0 Å². The Bertz CT molecular complexity index is 995. The molecule has 27 heavy (non-hydrogen) atoms. The Morgan fingerprint density at radius 1 is 1.19 bits per heavy atom. The monoisotopic (exact) mass is 382 g/mol. The Labute approximate surface area is 159 Å². The van der Waals surface area contributed by atoms with Crippen LogP contribution in [-0.2, 0) is 4.79 Å². The van der Waals surface area contributed by atoms with E-state index in [1.165, 1.54) is 11.8 Å². The molecule has 0 atom stereocenters. The minimum Gasteiger partial charge on any atom is -0.455 e. The van der Waals surface area contributed by atoms with Gasteiger partial charge in [0.2, 0.25) is 5.91 Å². The maximum absolute atomic E-state index is 12.4. The van der Waals surface area contributed by atoms with Crippen LogP contribution in [0.4, 0.5) is 5.69 Å². The Kier molecular flexibility index (Phi) is 4.97. The summed E-state index contributed by atoms with van der Waals surface area (Å²) >= 11 is 1.24. The van der Waals surface area contributed by atoms with Gasteiger partial charge in [-0.2, -0.15) is 0 Å². The molecule has 138 valence electrons. The lowest BCUT2D eigenvalue weighted by Crippen LogP contribution is -2.18. The van der Waals surface area contributed by atoms with Crippen LogP contribution in [0.3, 0.4) is 0 Å². The van der Waals surface area contributed by atoms with E-state index in [4.69, 9.17) is 4.74 Å². The molecule has 0 unspecified atom stereocenters. The Morgan fingerprint density at radius 3 is 2.70 bits per heavy atom. The van der Waals surface area contributed by atoms with Gasteiger partial charge >= 0.3 is 5.69 Å². The highest BCUT2D eigenvalue weighted by Gasteiger charge is 2.28. The molecule has 1 aliphatic rings. The van der Waals surface area contributed by atoms with Crippen molar-refractivity contribution >= 4 is 23.4 Å². The van der Waals surface area contributed by atoms with E-state index in [2.05, 4.69) is 15.5 Å². The summed E-state index contributed by atoms with van der Waals surface area (Å²) in [6, 6.07) is 16.9. The van der Waals surface area contributed by atoms with Crippen molar-refractivity contribution in [1.29, 1.82) is 0 Å². The van der Waals surface area contributed by atoms with Gasteiger partial charge in [0, 0.05) is 6.04 Å². The number of aromatic amines is 1. The minimum absolute atomic E-state index is 0.149. The number of carbonyl (C=O) groups is 1. The fourth-order valence-corrected chi connectivity index (χ4v) is 3.45. The van der Waals surface area contributed by atoms with Crippen LogP contribution < -0.4 is 15.7 Å². The van der Waals surface area contributed by atoms with E-state index in [1.54, 1.807) is 16.7 Å². The molecule has 0 radical (unpaired) electrons. The molecule has 8 heteroatoms. The number of hydrogen-bond donors (Lipinski definition) is 2. The van der Waals surface area contributed by atoms with Crippen molar-refractivity contribution in [3.05, 3.63) is 65.1 Å². The topological polar surface area (TPSA) is 89.0 Å². The Balaban J connectivity index is 1.41.